The lowest BCUT2D eigenvalue weighted by Crippen LogP contribution is -2.23. The van der Waals surface area contributed by atoms with E-state index in [2.05, 4.69) is 4.90 Å². The number of alkyl halides is 3. The van der Waals surface area contributed by atoms with E-state index >= 15 is 0 Å². The van der Waals surface area contributed by atoms with E-state index in [1.165, 1.54) is 12.1 Å². The van der Waals surface area contributed by atoms with Crippen molar-refractivity contribution in [3.8, 4) is 0 Å². The quantitative estimate of drug-likeness (QED) is 0.916. The van der Waals surface area contributed by atoms with Gasteiger partial charge < -0.3 is 5.73 Å². The fraction of sp³-hybridized carbons (Fsp3) is 0.571. The van der Waals surface area contributed by atoms with Crippen LogP contribution in [0.2, 0.25) is 0 Å². The smallest absolute Gasteiger partial charge is 0.330 e. The Kier molecular flexibility index (Phi) is 4.16. The van der Waals surface area contributed by atoms with Crippen LogP contribution in [0.4, 0.5) is 13.2 Å². The molecule has 19 heavy (non-hydrogen) atoms. The molecular formula is C14H19F3N2. The summed E-state index contributed by atoms with van der Waals surface area (Å²) < 4.78 is 37.7. The Balaban J connectivity index is 2.06. The maximum absolute atomic E-state index is 12.6. The Hall–Kier alpha value is -1.07. The second-order valence-corrected chi connectivity index (χ2v) is 5.26. The van der Waals surface area contributed by atoms with Gasteiger partial charge in [-0.15, -0.1) is 0 Å². The number of nitrogens with zero attached hydrogens (tertiary/aromatic N) is 1. The van der Waals surface area contributed by atoms with Crippen molar-refractivity contribution in [1.29, 1.82) is 0 Å². The Morgan fingerprint density at radius 2 is 2.11 bits per heavy atom. The van der Waals surface area contributed by atoms with Gasteiger partial charge in [0.05, 0.1) is 5.56 Å². The van der Waals surface area contributed by atoms with Crippen LogP contribution in [0.5, 0.6) is 0 Å². The first-order valence-corrected chi connectivity index (χ1v) is 6.49. The number of aryl methyl sites for hydroxylation is 1. The molecule has 106 valence electrons. The minimum absolute atomic E-state index is 0.523. The van der Waals surface area contributed by atoms with Gasteiger partial charge in [-0.25, -0.2) is 0 Å². The summed E-state index contributed by atoms with van der Waals surface area (Å²) in [6.07, 6.45) is -3.18. The lowest BCUT2D eigenvalue weighted by molar-refractivity contribution is -0.137. The van der Waals surface area contributed by atoms with Crippen LogP contribution < -0.4 is 5.73 Å². The zero-order valence-corrected chi connectivity index (χ0v) is 11.0. The normalized spacial score (nSPS) is 21.0. The Labute approximate surface area is 111 Å². The molecule has 1 fully saturated rings. The highest BCUT2D eigenvalue weighted by Crippen LogP contribution is 2.31. The first-order chi connectivity index (χ1) is 8.90. The third kappa shape index (κ3) is 3.48. The van der Waals surface area contributed by atoms with Gasteiger partial charge in [0, 0.05) is 13.1 Å². The predicted octanol–water partition coefficient (Wildman–Crippen LogP) is 2.79. The lowest BCUT2D eigenvalue weighted by Gasteiger charge is -2.18. The van der Waals surface area contributed by atoms with Gasteiger partial charge in [-0.05, 0) is 55.6 Å². The van der Waals surface area contributed by atoms with Gasteiger partial charge in [-0.3, -0.25) is 4.90 Å². The van der Waals surface area contributed by atoms with Crippen molar-refractivity contribution in [3.05, 3.63) is 34.9 Å². The van der Waals surface area contributed by atoms with Crippen LogP contribution in [0.25, 0.3) is 0 Å². The Morgan fingerprint density at radius 1 is 1.37 bits per heavy atom. The number of hydrogen-bond donors (Lipinski definition) is 1. The number of rotatable bonds is 3. The molecule has 1 heterocycles. The minimum atomic E-state index is -4.26. The second-order valence-electron chi connectivity index (χ2n) is 5.26. The van der Waals surface area contributed by atoms with Crippen molar-refractivity contribution in [2.45, 2.75) is 26.1 Å². The van der Waals surface area contributed by atoms with Gasteiger partial charge in [0.2, 0.25) is 0 Å². The highest BCUT2D eigenvalue weighted by molar-refractivity contribution is 5.32. The van der Waals surface area contributed by atoms with E-state index in [-0.39, 0.29) is 0 Å². The van der Waals surface area contributed by atoms with Crippen molar-refractivity contribution in [2.24, 2.45) is 11.7 Å². The first-order valence-electron chi connectivity index (χ1n) is 6.49. The molecule has 5 heteroatoms. The highest BCUT2D eigenvalue weighted by Gasteiger charge is 2.30. The van der Waals surface area contributed by atoms with E-state index in [0.717, 1.165) is 25.1 Å². The molecule has 1 aliphatic heterocycles. The zero-order chi connectivity index (χ0) is 14.0. The number of benzene rings is 1. The number of hydrogen-bond acceptors (Lipinski definition) is 2. The highest BCUT2D eigenvalue weighted by atomic mass is 19.4. The van der Waals surface area contributed by atoms with Gasteiger partial charge in [0.15, 0.2) is 0 Å². The summed E-state index contributed by atoms with van der Waals surface area (Å²) in [4.78, 5) is 2.26. The molecule has 2 rings (SSSR count). The van der Waals surface area contributed by atoms with E-state index in [4.69, 9.17) is 5.73 Å². The SMILES string of the molecule is Cc1cc(C(F)(F)F)ccc1CN1CCC(CN)C1. The van der Waals surface area contributed by atoms with Gasteiger partial charge in [-0.2, -0.15) is 13.2 Å². The van der Waals surface area contributed by atoms with Crippen LogP contribution in [-0.2, 0) is 12.7 Å². The van der Waals surface area contributed by atoms with E-state index < -0.39 is 11.7 Å². The van der Waals surface area contributed by atoms with Gasteiger partial charge in [-0.1, -0.05) is 6.07 Å². The molecule has 2 N–H and O–H groups in total. The predicted molar refractivity (Wildman–Crippen MR) is 68.6 cm³/mol. The van der Waals surface area contributed by atoms with Gasteiger partial charge in [0.1, 0.15) is 0 Å². The average Bonchev–Trinajstić information content (AvgIpc) is 2.78. The monoisotopic (exact) mass is 272 g/mol. The average molecular weight is 272 g/mol. The third-order valence-electron chi connectivity index (χ3n) is 3.77. The molecule has 0 spiro atoms. The van der Waals surface area contributed by atoms with Crippen LogP contribution in [0, 0.1) is 12.8 Å². The van der Waals surface area contributed by atoms with Crippen LogP contribution >= 0.6 is 0 Å². The lowest BCUT2D eigenvalue weighted by atomic mass is 10.0. The fourth-order valence-electron chi connectivity index (χ4n) is 2.54. The Morgan fingerprint density at radius 3 is 2.63 bits per heavy atom. The summed E-state index contributed by atoms with van der Waals surface area (Å²) in [5.74, 6) is 0.523. The summed E-state index contributed by atoms with van der Waals surface area (Å²) in [6.45, 7) is 5.04. The molecule has 0 amide bonds. The molecule has 1 aliphatic rings. The fourth-order valence-corrected chi connectivity index (χ4v) is 2.54. The maximum Gasteiger partial charge on any atom is 0.416 e. The van der Waals surface area contributed by atoms with E-state index in [9.17, 15) is 13.2 Å². The summed E-state index contributed by atoms with van der Waals surface area (Å²) in [5, 5.41) is 0. The summed E-state index contributed by atoms with van der Waals surface area (Å²) in [6, 6.07) is 3.98. The van der Waals surface area contributed by atoms with Gasteiger partial charge >= 0.3 is 6.18 Å². The molecule has 0 saturated carbocycles. The van der Waals surface area contributed by atoms with Crippen LogP contribution in [0.3, 0.4) is 0 Å². The van der Waals surface area contributed by atoms with E-state index in [1.807, 2.05) is 0 Å². The van der Waals surface area contributed by atoms with Crippen LogP contribution in [-0.4, -0.2) is 24.5 Å². The topological polar surface area (TPSA) is 29.3 Å². The van der Waals surface area contributed by atoms with Crippen molar-refractivity contribution in [1.82, 2.24) is 4.90 Å². The number of halogens is 3. The van der Waals surface area contributed by atoms with Gasteiger partial charge in [0.25, 0.3) is 0 Å². The van der Waals surface area contributed by atoms with Crippen molar-refractivity contribution < 1.29 is 13.2 Å². The van der Waals surface area contributed by atoms with E-state index in [0.29, 0.717) is 24.6 Å². The second kappa shape index (κ2) is 5.51. The van der Waals surface area contributed by atoms with Crippen molar-refractivity contribution in [2.75, 3.05) is 19.6 Å². The van der Waals surface area contributed by atoms with Crippen LogP contribution in [0.15, 0.2) is 18.2 Å². The van der Waals surface area contributed by atoms with Crippen molar-refractivity contribution in [3.63, 3.8) is 0 Å². The van der Waals surface area contributed by atoms with Crippen LogP contribution in [0.1, 0.15) is 23.1 Å². The molecule has 1 aromatic carbocycles. The standard InChI is InChI=1S/C14H19F3N2/c1-10-6-13(14(15,16)17)3-2-12(10)9-19-5-4-11(7-18)8-19/h2-3,6,11H,4-5,7-9,18H2,1H3. The molecule has 0 bridgehead atoms. The molecule has 0 aliphatic carbocycles. The summed E-state index contributed by atoms with van der Waals surface area (Å²) >= 11 is 0. The largest absolute Gasteiger partial charge is 0.416 e. The molecule has 1 aromatic rings. The molecule has 1 unspecified atom stereocenters. The number of nitrogens with two attached hydrogens (primary N) is 1. The first kappa shape index (κ1) is 14.3. The zero-order valence-electron chi connectivity index (χ0n) is 11.0. The Bertz CT molecular complexity index is 443. The molecular weight excluding hydrogens is 253 g/mol. The summed E-state index contributed by atoms with van der Waals surface area (Å²) in [5.41, 5.74) is 6.72. The molecule has 1 saturated heterocycles. The number of likely N-dealkylation sites (tertiary alicyclic amines) is 1. The minimum Gasteiger partial charge on any atom is -0.330 e. The summed E-state index contributed by atoms with van der Waals surface area (Å²) in [7, 11) is 0. The molecule has 0 aromatic heterocycles. The molecule has 2 nitrogen and oxygen atoms in total. The third-order valence-corrected chi connectivity index (χ3v) is 3.77. The maximum atomic E-state index is 12.6. The molecule has 0 radical (unpaired) electrons. The van der Waals surface area contributed by atoms with E-state index in [1.54, 1.807) is 13.0 Å². The van der Waals surface area contributed by atoms with Crippen molar-refractivity contribution >= 4 is 0 Å². The molecule has 1 atom stereocenters.